The van der Waals surface area contributed by atoms with Gasteiger partial charge < -0.3 is 10.8 Å². The molecule has 1 fully saturated rings. The number of hydrogen-bond donors (Lipinski definition) is 3. The van der Waals surface area contributed by atoms with Crippen molar-refractivity contribution in [3.8, 4) is 0 Å². The van der Waals surface area contributed by atoms with Crippen molar-refractivity contribution in [2.24, 2.45) is 0 Å². The molecule has 1 saturated carbocycles. The van der Waals surface area contributed by atoms with Crippen molar-refractivity contribution in [2.45, 2.75) is 42.7 Å². The third-order valence-corrected chi connectivity index (χ3v) is 5.03. The smallest absolute Gasteiger partial charge is 0.293 e. The highest BCUT2D eigenvalue weighted by atomic mass is 32.2. The van der Waals surface area contributed by atoms with Gasteiger partial charge in [0, 0.05) is 12.1 Å². The minimum Gasteiger partial charge on any atom is -0.393 e. The number of aliphatic hydroxyl groups is 1. The molecule has 0 saturated heterocycles. The van der Waals surface area contributed by atoms with Crippen LogP contribution in [-0.4, -0.2) is 30.6 Å². The summed E-state index contributed by atoms with van der Waals surface area (Å²) in [7, 11) is -3.94. The van der Waals surface area contributed by atoms with Gasteiger partial charge in [0.05, 0.1) is 15.9 Å². The molecule has 116 valence electrons. The lowest BCUT2D eigenvalue weighted by Gasteiger charge is -2.28. The van der Waals surface area contributed by atoms with Gasteiger partial charge in [-0.3, -0.25) is 10.1 Å². The summed E-state index contributed by atoms with van der Waals surface area (Å²) in [5.74, 6) is 0. The monoisotopic (exact) mass is 315 g/mol. The van der Waals surface area contributed by atoms with Crippen LogP contribution in [0.1, 0.15) is 25.7 Å². The average Bonchev–Trinajstić information content (AvgIpc) is 2.41. The molecule has 0 bridgehead atoms. The lowest BCUT2D eigenvalue weighted by molar-refractivity contribution is -0.384. The van der Waals surface area contributed by atoms with E-state index in [-0.39, 0.29) is 10.6 Å². The number of nitrogens with two attached hydrogens (primary N) is 1. The van der Waals surface area contributed by atoms with Gasteiger partial charge in [-0.1, -0.05) is 12.8 Å². The Bertz CT molecular complexity index is 646. The van der Waals surface area contributed by atoms with E-state index in [1.807, 2.05) is 0 Å². The average molecular weight is 315 g/mol. The molecule has 2 atom stereocenters. The maximum atomic E-state index is 12.2. The van der Waals surface area contributed by atoms with E-state index in [1.54, 1.807) is 0 Å². The van der Waals surface area contributed by atoms with Crippen molar-refractivity contribution in [2.75, 3.05) is 5.73 Å². The molecule has 0 heterocycles. The zero-order valence-corrected chi connectivity index (χ0v) is 12.0. The van der Waals surface area contributed by atoms with E-state index in [0.717, 1.165) is 18.9 Å². The molecule has 0 spiro atoms. The van der Waals surface area contributed by atoms with E-state index in [0.29, 0.717) is 12.8 Å². The third-order valence-electron chi connectivity index (χ3n) is 3.54. The van der Waals surface area contributed by atoms with Crippen LogP contribution in [-0.2, 0) is 10.0 Å². The number of benzene rings is 1. The summed E-state index contributed by atoms with van der Waals surface area (Å²) in [6.07, 6.45) is 2.02. The van der Waals surface area contributed by atoms with E-state index in [2.05, 4.69) is 4.72 Å². The number of rotatable bonds is 4. The second-order valence-electron chi connectivity index (χ2n) is 5.06. The molecular formula is C12H17N3O5S. The van der Waals surface area contributed by atoms with E-state index in [4.69, 9.17) is 5.73 Å². The van der Waals surface area contributed by atoms with Crippen molar-refractivity contribution in [3.63, 3.8) is 0 Å². The standard InChI is InChI=1S/C12H17N3O5S/c13-9-6-5-8(7-11(9)15(17)18)21(19,20)14-10-3-1-2-4-12(10)16/h5-7,10,12,14,16H,1-4,13H2. The number of nitro benzene ring substituents is 1. The predicted octanol–water partition coefficient (Wildman–Crippen LogP) is 0.759. The van der Waals surface area contributed by atoms with Crippen LogP contribution in [0.4, 0.5) is 11.4 Å². The zero-order chi connectivity index (χ0) is 15.6. The molecule has 0 amide bonds. The Balaban J connectivity index is 2.27. The molecule has 8 nitrogen and oxygen atoms in total. The van der Waals surface area contributed by atoms with Crippen LogP contribution in [0.5, 0.6) is 0 Å². The van der Waals surface area contributed by atoms with Gasteiger partial charge in [0.15, 0.2) is 0 Å². The van der Waals surface area contributed by atoms with Gasteiger partial charge in [-0.25, -0.2) is 13.1 Å². The summed E-state index contributed by atoms with van der Waals surface area (Å²) in [5.41, 5.74) is 4.89. The highest BCUT2D eigenvalue weighted by Crippen LogP contribution is 2.26. The Labute approximate surface area is 122 Å². The maximum Gasteiger partial charge on any atom is 0.293 e. The summed E-state index contributed by atoms with van der Waals surface area (Å²) in [6, 6.07) is 2.75. The number of nitro groups is 1. The number of hydrogen-bond acceptors (Lipinski definition) is 6. The van der Waals surface area contributed by atoms with E-state index >= 15 is 0 Å². The lowest BCUT2D eigenvalue weighted by Crippen LogP contribution is -2.44. The second kappa shape index (κ2) is 5.96. The van der Waals surface area contributed by atoms with Crippen LogP contribution < -0.4 is 10.5 Å². The van der Waals surface area contributed by atoms with Crippen LogP contribution in [0.2, 0.25) is 0 Å². The third kappa shape index (κ3) is 3.49. The van der Waals surface area contributed by atoms with Crippen molar-refractivity contribution in [3.05, 3.63) is 28.3 Å². The summed E-state index contributed by atoms with van der Waals surface area (Å²) >= 11 is 0. The van der Waals surface area contributed by atoms with Gasteiger partial charge in [0.2, 0.25) is 10.0 Å². The molecular weight excluding hydrogens is 298 g/mol. The number of anilines is 1. The maximum absolute atomic E-state index is 12.2. The first-order chi connectivity index (χ1) is 9.81. The van der Waals surface area contributed by atoms with E-state index in [9.17, 15) is 23.6 Å². The van der Waals surface area contributed by atoms with Crippen LogP contribution in [0.15, 0.2) is 23.1 Å². The normalized spacial score (nSPS) is 22.9. The molecule has 0 aliphatic heterocycles. The van der Waals surface area contributed by atoms with Crippen molar-refractivity contribution >= 4 is 21.4 Å². The Morgan fingerprint density at radius 1 is 1.33 bits per heavy atom. The number of nitrogens with zero attached hydrogens (tertiary/aromatic N) is 1. The van der Waals surface area contributed by atoms with Gasteiger partial charge in [-0.15, -0.1) is 0 Å². The largest absolute Gasteiger partial charge is 0.393 e. The molecule has 0 radical (unpaired) electrons. The summed E-state index contributed by atoms with van der Waals surface area (Å²) in [4.78, 5) is 9.85. The number of sulfonamides is 1. The zero-order valence-electron chi connectivity index (χ0n) is 11.2. The minimum absolute atomic E-state index is 0.100. The summed E-state index contributed by atoms with van der Waals surface area (Å²) in [6.45, 7) is 0. The van der Waals surface area contributed by atoms with Gasteiger partial charge in [-0.05, 0) is 25.0 Å². The second-order valence-corrected chi connectivity index (χ2v) is 6.77. The number of nitrogens with one attached hydrogen (secondary N) is 1. The summed E-state index contributed by atoms with van der Waals surface area (Å²) < 4.78 is 26.9. The van der Waals surface area contributed by atoms with Crippen LogP contribution in [0.25, 0.3) is 0 Å². The molecule has 21 heavy (non-hydrogen) atoms. The molecule has 4 N–H and O–H groups in total. The topological polar surface area (TPSA) is 136 Å². The minimum atomic E-state index is -3.94. The Morgan fingerprint density at radius 3 is 2.62 bits per heavy atom. The molecule has 0 aromatic heterocycles. The molecule has 2 unspecified atom stereocenters. The molecule has 1 aliphatic rings. The Morgan fingerprint density at radius 2 is 2.00 bits per heavy atom. The quantitative estimate of drug-likeness (QED) is 0.426. The van der Waals surface area contributed by atoms with E-state index in [1.165, 1.54) is 12.1 Å². The highest BCUT2D eigenvalue weighted by molar-refractivity contribution is 7.89. The molecule has 2 rings (SSSR count). The fourth-order valence-electron chi connectivity index (χ4n) is 2.36. The summed E-state index contributed by atoms with van der Waals surface area (Å²) in [5, 5.41) is 20.6. The van der Waals surface area contributed by atoms with Crippen LogP contribution in [0.3, 0.4) is 0 Å². The van der Waals surface area contributed by atoms with Crippen molar-refractivity contribution < 1.29 is 18.4 Å². The van der Waals surface area contributed by atoms with Gasteiger partial charge in [-0.2, -0.15) is 0 Å². The van der Waals surface area contributed by atoms with Crippen molar-refractivity contribution in [1.82, 2.24) is 4.72 Å². The van der Waals surface area contributed by atoms with Gasteiger partial charge in [0.25, 0.3) is 5.69 Å². The fraction of sp³-hybridized carbons (Fsp3) is 0.500. The van der Waals surface area contributed by atoms with E-state index < -0.39 is 32.8 Å². The Kier molecular flexibility index (Phi) is 4.45. The molecule has 1 aromatic carbocycles. The first-order valence-corrected chi connectivity index (χ1v) is 8.04. The first-order valence-electron chi connectivity index (χ1n) is 6.55. The van der Waals surface area contributed by atoms with Gasteiger partial charge >= 0.3 is 0 Å². The fourth-order valence-corrected chi connectivity index (χ4v) is 3.69. The molecule has 1 aliphatic carbocycles. The van der Waals surface area contributed by atoms with Crippen molar-refractivity contribution in [1.29, 1.82) is 0 Å². The first kappa shape index (κ1) is 15.7. The highest BCUT2D eigenvalue weighted by Gasteiger charge is 2.29. The predicted molar refractivity (Wildman–Crippen MR) is 76.1 cm³/mol. The van der Waals surface area contributed by atoms with Gasteiger partial charge in [0.1, 0.15) is 5.69 Å². The lowest BCUT2D eigenvalue weighted by atomic mass is 9.93. The molecule has 9 heteroatoms. The van der Waals surface area contributed by atoms with Crippen LogP contribution >= 0.6 is 0 Å². The SMILES string of the molecule is Nc1ccc(S(=O)(=O)NC2CCCCC2O)cc1[N+](=O)[O-]. The van der Waals surface area contributed by atoms with Crippen LogP contribution in [0, 0.1) is 10.1 Å². The Hall–Kier alpha value is -1.71. The number of nitrogen functional groups attached to an aromatic ring is 1. The number of aliphatic hydroxyl groups excluding tert-OH is 1. The molecule has 1 aromatic rings.